The first kappa shape index (κ1) is 25.1. The fourth-order valence-corrected chi connectivity index (χ4v) is 5.10. The minimum atomic E-state index is -1.41. The smallest absolute Gasteiger partial charge is 0.240 e. The lowest BCUT2D eigenvalue weighted by Crippen LogP contribution is -2.65. The predicted molar refractivity (Wildman–Crippen MR) is 134 cm³/mol. The summed E-state index contributed by atoms with van der Waals surface area (Å²) in [6, 6.07) is 14.7. The Morgan fingerprint density at radius 2 is 1.67 bits per heavy atom. The zero-order valence-corrected chi connectivity index (χ0v) is 21.5. The summed E-state index contributed by atoms with van der Waals surface area (Å²) in [6.45, 7) is 11.4. The van der Waals surface area contributed by atoms with E-state index < -0.39 is 25.8 Å². The summed E-state index contributed by atoms with van der Waals surface area (Å²) < 4.78 is 5.24. The van der Waals surface area contributed by atoms with Crippen LogP contribution in [-0.2, 0) is 16.0 Å². The van der Waals surface area contributed by atoms with Gasteiger partial charge in [0, 0.05) is 19.5 Å². The highest BCUT2D eigenvalue weighted by Gasteiger charge is 2.42. The van der Waals surface area contributed by atoms with Gasteiger partial charge >= 0.3 is 0 Å². The fraction of sp³-hybridized carbons (Fsp3) is 0.462. The molecule has 1 atom stereocenters. The van der Waals surface area contributed by atoms with E-state index in [-0.39, 0.29) is 18.1 Å². The number of hydrogen-bond acceptors (Lipinski definition) is 5. The van der Waals surface area contributed by atoms with Crippen molar-refractivity contribution in [1.29, 1.82) is 0 Å². The van der Waals surface area contributed by atoms with Crippen molar-refractivity contribution < 1.29 is 19.4 Å². The van der Waals surface area contributed by atoms with Crippen molar-refractivity contribution in [2.24, 2.45) is 0 Å². The molecule has 3 rings (SSSR count). The number of hydrogen-bond donors (Lipinski definition) is 2. The molecular weight excluding hydrogens is 432 g/mol. The zero-order valence-electron chi connectivity index (χ0n) is 20.5. The van der Waals surface area contributed by atoms with Crippen LogP contribution in [0.2, 0.25) is 19.6 Å². The van der Waals surface area contributed by atoms with Crippen LogP contribution in [-0.4, -0.2) is 61.6 Å². The second kappa shape index (κ2) is 9.79. The number of nitrogens with one attached hydrogen (secondary N) is 1. The Morgan fingerprint density at radius 1 is 1.09 bits per heavy atom. The number of ketones is 1. The van der Waals surface area contributed by atoms with Gasteiger partial charge in [-0.15, -0.1) is 0 Å². The molecule has 0 aromatic heterocycles. The van der Waals surface area contributed by atoms with Gasteiger partial charge < -0.3 is 15.2 Å². The van der Waals surface area contributed by atoms with Crippen molar-refractivity contribution in [3.8, 4) is 5.75 Å². The van der Waals surface area contributed by atoms with Crippen LogP contribution in [0.4, 0.5) is 0 Å². The van der Waals surface area contributed by atoms with Crippen molar-refractivity contribution in [3.63, 3.8) is 0 Å². The number of amides is 1. The standard InChI is InChI=1S/C26H36N2O4Si/c1-26(2,28-16-20(29)17-28)25(31)27-24(19-9-11-21(32-3)12-10-19)23(30)15-18-7-13-22(14-8-18)33(4,5)6/h7-14,20,24,29H,15-17H2,1-6H3,(H,27,31). The zero-order chi connectivity index (χ0) is 24.4. The number of Topliss-reactive ketones (excluding diaryl/α,β-unsaturated/α-hetero) is 1. The quantitative estimate of drug-likeness (QED) is 0.553. The number of carbonyl (C=O) groups is 2. The number of aliphatic hydroxyl groups excluding tert-OH is 1. The highest BCUT2D eigenvalue weighted by atomic mass is 28.3. The van der Waals surface area contributed by atoms with E-state index in [1.165, 1.54) is 5.19 Å². The minimum Gasteiger partial charge on any atom is -0.497 e. The molecule has 33 heavy (non-hydrogen) atoms. The number of benzene rings is 2. The molecule has 2 aromatic rings. The average Bonchev–Trinajstić information content (AvgIpc) is 2.74. The first-order valence-corrected chi connectivity index (χ1v) is 14.9. The molecule has 1 unspecified atom stereocenters. The molecule has 7 heteroatoms. The molecule has 0 spiro atoms. The van der Waals surface area contributed by atoms with E-state index in [4.69, 9.17) is 4.74 Å². The number of rotatable bonds is 9. The van der Waals surface area contributed by atoms with Gasteiger partial charge in [0.15, 0.2) is 5.78 Å². The third-order valence-electron chi connectivity index (χ3n) is 6.45. The summed E-state index contributed by atoms with van der Waals surface area (Å²) >= 11 is 0. The minimum absolute atomic E-state index is 0.0753. The number of nitrogens with zero attached hydrogens (tertiary/aromatic N) is 1. The van der Waals surface area contributed by atoms with Crippen LogP contribution in [0.3, 0.4) is 0 Å². The van der Waals surface area contributed by atoms with Gasteiger partial charge in [0.2, 0.25) is 5.91 Å². The summed E-state index contributed by atoms with van der Waals surface area (Å²) in [4.78, 5) is 28.6. The van der Waals surface area contributed by atoms with E-state index >= 15 is 0 Å². The molecule has 1 aliphatic rings. The van der Waals surface area contributed by atoms with Crippen LogP contribution < -0.4 is 15.2 Å². The number of aliphatic hydroxyl groups is 1. The maximum atomic E-state index is 13.4. The number of likely N-dealkylation sites (tertiary alicyclic amines) is 1. The van der Waals surface area contributed by atoms with E-state index in [0.717, 1.165) is 5.56 Å². The Kier molecular flexibility index (Phi) is 7.46. The molecule has 1 saturated heterocycles. The summed E-state index contributed by atoms with van der Waals surface area (Å²) in [5, 5.41) is 14.0. The molecule has 1 amide bonds. The topological polar surface area (TPSA) is 78.9 Å². The molecule has 2 N–H and O–H groups in total. The maximum absolute atomic E-state index is 13.4. The second-order valence-electron chi connectivity index (χ2n) is 10.4. The van der Waals surface area contributed by atoms with Gasteiger partial charge in [-0.1, -0.05) is 61.2 Å². The third kappa shape index (κ3) is 5.91. The first-order valence-electron chi connectivity index (χ1n) is 11.4. The normalized spacial score (nSPS) is 16.1. The molecule has 6 nitrogen and oxygen atoms in total. The van der Waals surface area contributed by atoms with Crippen LogP contribution >= 0.6 is 0 Å². The van der Waals surface area contributed by atoms with Gasteiger partial charge in [0.25, 0.3) is 0 Å². The Hall–Kier alpha value is -2.48. The maximum Gasteiger partial charge on any atom is 0.240 e. The van der Waals surface area contributed by atoms with Crippen molar-refractivity contribution in [2.75, 3.05) is 20.2 Å². The lowest BCUT2D eigenvalue weighted by Gasteiger charge is -2.46. The fourth-order valence-electron chi connectivity index (χ4n) is 3.93. The highest BCUT2D eigenvalue weighted by molar-refractivity contribution is 6.88. The first-order chi connectivity index (χ1) is 15.4. The number of β-amino-alcohol motifs (C(OH)–C–C–N with tert-alkyl or cyclic N) is 1. The molecule has 178 valence electrons. The van der Waals surface area contributed by atoms with Gasteiger partial charge in [0.1, 0.15) is 11.8 Å². The average molecular weight is 469 g/mol. The van der Waals surface area contributed by atoms with Crippen LogP contribution in [0, 0.1) is 0 Å². The van der Waals surface area contributed by atoms with Crippen LogP contribution in [0.5, 0.6) is 5.75 Å². The van der Waals surface area contributed by atoms with Gasteiger partial charge in [-0.3, -0.25) is 14.5 Å². The second-order valence-corrected chi connectivity index (χ2v) is 15.5. The molecule has 1 aliphatic heterocycles. The van der Waals surface area contributed by atoms with Crippen molar-refractivity contribution >= 4 is 25.0 Å². The lowest BCUT2D eigenvalue weighted by atomic mass is 9.93. The third-order valence-corrected chi connectivity index (χ3v) is 8.52. The summed E-state index contributed by atoms with van der Waals surface area (Å²) in [7, 11) is 0.178. The van der Waals surface area contributed by atoms with Gasteiger partial charge in [-0.25, -0.2) is 0 Å². The Bertz CT molecular complexity index is 975. The molecule has 0 bridgehead atoms. The Balaban J connectivity index is 1.81. The molecule has 0 radical (unpaired) electrons. The summed E-state index contributed by atoms with van der Waals surface area (Å²) in [5.41, 5.74) is 0.815. The van der Waals surface area contributed by atoms with E-state index in [1.54, 1.807) is 19.2 Å². The van der Waals surface area contributed by atoms with E-state index in [0.29, 0.717) is 24.4 Å². The Labute approximate surface area is 198 Å². The molecule has 0 saturated carbocycles. The van der Waals surface area contributed by atoms with E-state index in [2.05, 4.69) is 37.1 Å². The molecule has 0 aliphatic carbocycles. The predicted octanol–water partition coefficient (Wildman–Crippen LogP) is 2.66. The van der Waals surface area contributed by atoms with Crippen LogP contribution in [0.25, 0.3) is 0 Å². The number of carbonyl (C=O) groups excluding carboxylic acids is 2. The van der Waals surface area contributed by atoms with E-state index in [1.807, 2.05) is 43.0 Å². The van der Waals surface area contributed by atoms with Crippen molar-refractivity contribution in [2.45, 2.75) is 57.6 Å². The molecular formula is C26H36N2O4Si. The van der Waals surface area contributed by atoms with Crippen LogP contribution in [0.15, 0.2) is 48.5 Å². The largest absolute Gasteiger partial charge is 0.497 e. The number of ether oxygens (including phenoxy) is 1. The highest BCUT2D eigenvalue weighted by Crippen LogP contribution is 2.25. The van der Waals surface area contributed by atoms with E-state index in [9.17, 15) is 14.7 Å². The monoisotopic (exact) mass is 468 g/mol. The van der Waals surface area contributed by atoms with Crippen molar-refractivity contribution in [1.82, 2.24) is 10.2 Å². The van der Waals surface area contributed by atoms with Gasteiger partial charge in [-0.2, -0.15) is 0 Å². The van der Waals surface area contributed by atoms with Crippen molar-refractivity contribution in [3.05, 3.63) is 59.7 Å². The Morgan fingerprint density at radius 3 is 2.15 bits per heavy atom. The SMILES string of the molecule is COc1ccc(C(NC(=O)C(C)(C)N2CC(O)C2)C(=O)Cc2ccc([Si](C)(C)C)cc2)cc1. The number of methoxy groups -OCH3 is 1. The molecule has 1 heterocycles. The summed E-state index contributed by atoms with van der Waals surface area (Å²) in [6.07, 6.45) is -0.179. The molecule has 1 fully saturated rings. The van der Waals surface area contributed by atoms with Gasteiger partial charge in [0.05, 0.1) is 26.8 Å². The molecule has 2 aromatic carbocycles. The summed E-state index contributed by atoms with van der Waals surface area (Å²) in [5.74, 6) is 0.375. The van der Waals surface area contributed by atoms with Crippen LogP contribution in [0.1, 0.15) is 31.0 Å². The lowest BCUT2D eigenvalue weighted by molar-refractivity contribution is -0.142. The van der Waals surface area contributed by atoms with Gasteiger partial charge in [-0.05, 0) is 37.1 Å².